The molecule has 0 aliphatic heterocycles. The van der Waals surface area contributed by atoms with Crippen molar-refractivity contribution < 1.29 is 4.79 Å². The van der Waals surface area contributed by atoms with Crippen molar-refractivity contribution in [2.75, 3.05) is 11.9 Å². The number of alkyl halides is 1. The van der Waals surface area contributed by atoms with Gasteiger partial charge in [-0.3, -0.25) is 4.79 Å². The van der Waals surface area contributed by atoms with Crippen LogP contribution in [0.1, 0.15) is 30.3 Å². The van der Waals surface area contributed by atoms with Crippen LogP contribution in [0.3, 0.4) is 0 Å². The van der Waals surface area contributed by atoms with E-state index in [0.717, 1.165) is 22.6 Å². The monoisotopic (exact) mass is 362 g/mol. The molecule has 1 atom stereocenters. The van der Waals surface area contributed by atoms with Gasteiger partial charge in [-0.1, -0.05) is 29.3 Å². The second-order valence-electron chi connectivity index (χ2n) is 3.82. The molecular weight excluding hydrogens is 348 g/mol. The summed E-state index contributed by atoms with van der Waals surface area (Å²) < 4.78 is 0.875. The average Bonchev–Trinajstić information content (AvgIpc) is 2.35. The average molecular weight is 364 g/mol. The Morgan fingerprint density at radius 2 is 2.29 bits per heavy atom. The number of hydrogen-bond acceptors (Lipinski definition) is 2. The van der Waals surface area contributed by atoms with Gasteiger partial charge in [-0.05, 0) is 40.4 Å². The maximum Gasteiger partial charge on any atom is 0.269 e. The van der Waals surface area contributed by atoms with Gasteiger partial charge >= 0.3 is 0 Å². The van der Waals surface area contributed by atoms with Crippen molar-refractivity contribution in [3.8, 4) is 0 Å². The largest absolute Gasteiger partial charge is 0.350 e. The molecule has 0 saturated heterocycles. The van der Waals surface area contributed by atoms with Gasteiger partial charge in [0.15, 0.2) is 0 Å². The summed E-state index contributed by atoms with van der Waals surface area (Å²) in [5, 5.41) is 3.89. The van der Waals surface area contributed by atoms with E-state index >= 15 is 0 Å². The Kier molecular flexibility index (Phi) is 6.73. The Bertz CT molecular complexity index is 354. The van der Waals surface area contributed by atoms with E-state index in [1.165, 1.54) is 0 Å². The molecule has 0 fully saturated rings. The van der Waals surface area contributed by atoms with E-state index in [-0.39, 0.29) is 5.91 Å². The third-order valence-electron chi connectivity index (χ3n) is 2.61. The zero-order chi connectivity index (χ0) is 12.7. The highest BCUT2D eigenvalue weighted by atomic mass is 79.9. The van der Waals surface area contributed by atoms with Crippen LogP contribution < -0.4 is 5.32 Å². The Labute approximate surface area is 119 Å². The molecule has 94 valence electrons. The minimum absolute atomic E-state index is 0.106. The zero-order valence-corrected chi connectivity index (χ0v) is 12.9. The van der Waals surface area contributed by atoms with Crippen LogP contribution in [0.5, 0.6) is 0 Å². The number of carbonyl (C=O) groups is 1. The molecule has 1 rings (SSSR count). The maximum atomic E-state index is 11.8. The highest BCUT2D eigenvalue weighted by Crippen LogP contribution is 2.10. The van der Waals surface area contributed by atoms with Crippen LogP contribution in [0.25, 0.3) is 0 Å². The second-order valence-corrected chi connectivity index (χ2v) is 5.53. The van der Waals surface area contributed by atoms with Crippen molar-refractivity contribution in [3.05, 3.63) is 28.5 Å². The van der Waals surface area contributed by atoms with Crippen LogP contribution in [0, 0.1) is 5.92 Å². The molecule has 0 spiro atoms. The molecule has 1 amide bonds. The summed E-state index contributed by atoms with van der Waals surface area (Å²) in [5.41, 5.74) is 0.460. The second kappa shape index (κ2) is 7.82. The summed E-state index contributed by atoms with van der Waals surface area (Å²) in [5.74, 6) is 0.416. The Balaban J connectivity index is 2.46. The number of aromatic nitrogens is 1. The van der Waals surface area contributed by atoms with Crippen molar-refractivity contribution >= 4 is 37.8 Å². The molecule has 0 aliphatic rings. The molecule has 1 unspecified atom stereocenters. The van der Waals surface area contributed by atoms with Crippen molar-refractivity contribution in [2.45, 2.75) is 19.8 Å². The molecule has 1 heterocycles. The topological polar surface area (TPSA) is 42.0 Å². The first-order valence-corrected chi connectivity index (χ1v) is 7.54. The van der Waals surface area contributed by atoms with Gasteiger partial charge in [-0.2, -0.15) is 0 Å². The zero-order valence-electron chi connectivity index (χ0n) is 9.75. The van der Waals surface area contributed by atoms with E-state index in [1.807, 2.05) is 6.07 Å². The number of nitrogens with zero attached hydrogens (tertiary/aromatic N) is 1. The lowest BCUT2D eigenvalue weighted by Gasteiger charge is -2.13. The van der Waals surface area contributed by atoms with Gasteiger partial charge in [0.1, 0.15) is 5.69 Å². The number of carbonyl (C=O) groups excluding carboxylic acids is 1. The van der Waals surface area contributed by atoms with Crippen LogP contribution in [0.4, 0.5) is 0 Å². The Hall–Kier alpha value is -0.420. The molecule has 1 N–H and O–H groups in total. The summed E-state index contributed by atoms with van der Waals surface area (Å²) in [6, 6.07) is 3.53. The summed E-state index contributed by atoms with van der Waals surface area (Å²) >= 11 is 6.71. The fourth-order valence-electron chi connectivity index (χ4n) is 1.44. The smallest absolute Gasteiger partial charge is 0.269 e. The summed E-state index contributed by atoms with van der Waals surface area (Å²) in [7, 11) is 0. The van der Waals surface area contributed by atoms with E-state index in [0.29, 0.717) is 18.2 Å². The van der Waals surface area contributed by atoms with E-state index in [4.69, 9.17) is 0 Å². The van der Waals surface area contributed by atoms with Crippen molar-refractivity contribution in [2.24, 2.45) is 5.92 Å². The molecular formula is C12H16Br2N2O. The van der Waals surface area contributed by atoms with Gasteiger partial charge < -0.3 is 5.32 Å². The van der Waals surface area contributed by atoms with E-state index in [9.17, 15) is 4.79 Å². The van der Waals surface area contributed by atoms with Crippen LogP contribution in [0.2, 0.25) is 0 Å². The van der Waals surface area contributed by atoms with Crippen LogP contribution in [0.15, 0.2) is 22.8 Å². The molecule has 0 bridgehead atoms. The minimum Gasteiger partial charge on any atom is -0.350 e. The predicted molar refractivity (Wildman–Crippen MR) is 76.5 cm³/mol. The number of pyridine rings is 1. The van der Waals surface area contributed by atoms with Crippen LogP contribution in [-0.4, -0.2) is 22.8 Å². The summed E-state index contributed by atoms with van der Waals surface area (Å²) in [4.78, 5) is 15.8. The lowest BCUT2D eigenvalue weighted by Crippen LogP contribution is -2.29. The Morgan fingerprint density at radius 1 is 1.53 bits per heavy atom. The van der Waals surface area contributed by atoms with Gasteiger partial charge in [0.2, 0.25) is 0 Å². The van der Waals surface area contributed by atoms with E-state index < -0.39 is 0 Å². The summed E-state index contributed by atoms with van der Waals surface area (Å²) in [6.45, 7) is 2.84. The molecule has 0 radical (unpaired) electrons. The maximum absolute atomic E-state index is 11.8. The molecule has 5 heteroatoms. The third-order valence-corrected chi connectivity index (χ3v) is 3.53. The normalized spacial score (nSPS) is 12.2. The molecule has 17 heavy (non-hydrogen) atoms. The molecule has 1 aromatic rings. The van der Waals surface area contributed by atoms with Gasteiger partial charge in [0.05, 0.1) is 0 Å². The highest BCUT2D eigenvalue weighted by molar-refractivity contribution is 9.10. The molecule has 0 aromatic carbocycles. The van der Waals surface area contributed by atoms with Crippen molar-refractivity contribution in [1.82, 2.24) is 10.3 Å². The number of halogens is 2. The number of nitrogens with one attached hydrogen (secondary N) is 1. The van der Waals surface area contributed by atoms with Gasteiger partial charge in [0, 0.05) is 22.5 Å². The quantitative estimate of drug-likeness (QED) is 0.787. The first-order chi connectivity index (χ1) is 8.17. The number of hydrogen-bond donors (Lipinski definition) is 1. The minimum atomic E-state index is -0.106. The summed E-state index contributed by atoms with van der Waals surface area (Å²) in [6.07, 6.45) is 3.77. The molecule has 3 nitrogen and oxygen atoms in total. The standard InChI is InChI=1S/C12H16Br2N2O/c1-2-9(5-6-13)7-16-12(17)11-4-3-10(14)8-15-11/h3-4,8-9H,2,5-7H2,1H3,(H,16,17). The van der Waals surface area contributed by atoms with Crippen molar-refractivity contribution in [3.63, 3.8) is 0 Å². The lowest BCUT2D eigenvalue weighted by atomic mass is 10.0. The molecule has 0 saturated carbocycles. The van der Waals surface area contributed by atoms with Gasteiger partial charge in [0.25, 0.3) is 5.91 Å². The van der Waals surface area contributed by atoms with Crippen molar-refractivity contribution in [1.29, 1.82) is 0 Å². The first-order valence-electron chi connectivity index (χ1n) is 5.63. The first kappa shape index (κ1) is 14.6. The van der Waals surface area contributed by atoms with E-state index in [2.05, 4.69) is 49.1 Å². The SMILES string of the molecule is CCC(CCBr)CNC(=O)c1ccc(Br)cn1. The Morgan fingerprint density at radius 3 is 2.82 bits per heavy atom. The predicted octanol–water partition coefficient (Wildman–Crippen LogP) is 3.39. The lowest BCUT2D eigenvalue weighted by molar-refractivity contribution is 0.0941. The fraction of sp³-hybridized carbons (Fsp3) is 0.500. The molecule has 1 aromatic heterocycles. The van der Waals surface area contributed by atoms with Gasteiger partial charge in [-0.25, -0.2) is 4.98 Å². The fourth-order valence-corrected chi connectivity index (χ4v) is 2.32. The van der Waals surface area contributed by atoms with Gasteiger partial charge in [-0.15, -0.1) is 0 Å². The van der Waals surface area contributed by atoms with Crippen LogP contribution in [-0.2, 0) is 0 Å². The third kappa shape index (κ3) is 5.17. The highest BCUT2D eigenvalue weighted by Gasteiger charge is 2.10. The number of rotatable bonds is 6. The van der Waals surface area contributed by atoms with Crippen LogP contribution >= 0.6 is 31.9 Å². The number of amides is 1. The molecule has 0 aliphatic carbocycles. The van der Waals surface area contributed by atoms with E-state index in [1.54, 1.807) is 12.3 Å².